The molecule has 7 nitrogen and oxygen atoms in total. The highest BCUT2D eigenvalue weighted by molar-refractivity contribution is 5.79. The van der Waals surface area contributed by atoms with Gasteiger partial charge in [-0.2, -0.15) is 0 Å². The average molecular weight is 350 g/mol. The highest BCUT2D eigenvalue weighted by Gasteiger charge is 2.15. The van der Waals surface area contributed by atoms with Crippen molar-refractivity contribution in [3.8, 4) is 5.75 Å². The molecule has 2 N–H and O–H groups in total. The first-order chi connectivity index (χ1) is 12.4. The van der Waals surface area contributed by atoms with Crippen LogP contribution in [0, 0.1) is 5.92 Å². The molecule has 1 aliphatic rings. The molecule has 25 heavy (non-hydrogen) atoms. The van der Waals surface area contributed by atoms with Crippen LogP contribution in [0.5, 0.6) is 5.75 Å². The zero-order valence-corrected chi connectivity index (χ0v) is 15.1. The SMILES string of the molecule is CCNC(=NCCCOCC1CCOC1)NCCOc1cccnc1. The molecule has 1 unspecified atom stereocenters. The fraction of sp³-hybridized carbons (Fsp3) is 0.667. The van der Waals surface area contributed by atoms with Crippen LogP contribution in [0.1, 0.15) is 19.8 Å². The molecular formula is C18H30N4O3. The van der Waals surface area contributed by atoms with Crippen molar-refractivity contribution >= 4 is 5.96 Å². The molecule has 1 aromatic rings. The van der Waals surface area contributed by atoms with Crippen molar-refractivity contribution in [3.05, 3.63) is 24.5 Å². The lowest BCUT2D eigenvalue weighted by Gasteiger charge is -2.12. The van der Waals surface area contributed by atoms with E-state index in [1.807, 2.05) is 12.1 Å². The highest BCUT2D eigenvalue weighted by atomic mass is 16.5. The van der Waals surface area contributed by atoms with E-state index in [1.165, 1.54) is 0 Å². The van der Waals surface area contributed by atoms with E-state index in [9.17, 15) is 0 Å². The van der Waals surface area contributed by atoms with Crippen LogP contribution in [0.2, 0.25) is 0 Å². The van der Waals surface area contributed by atoms with E-state index in [1.54, 1.807) is 12.4 Å². The molecule has 2 rings (SSSR count). The van der Waals surface area contributed by atoms with E-state index >= 15 is 0 Å². The third kappa shape index (κ3) is 8.69. The predicted molar refractivity (Wildman–Crippen MR) is 98.1 cm³/mol. The molecule has 0 bridgehead atoms. The number of hydrogen-bond donors (Lipinski definition) is 2. The second-order valence-corrected chi connectivity index (χ2v) is 5.88. The van der Waals surface area contributed by atoms with Gasteiger partial charge in [-0.05, 0) is 31.9 Å². The number of hydrogen-bond acceptors (Lipinski definition) is 5. The van der Waals surface area contributed by atoms with Gasteiger partial charge >= 0.3 is 0 Å². The van der Waals surface area contributed by atoms with Crippen LogP contribution in [0.25, 0.3) is 0 Å². The Bertz CT molecular complexity index is 478. The van der Waals surface area contributed by atoms with E-state index < -0.39 is 0 Å². The lowest BCUT2D eigenvalue weighted by molar-refractivity contribution is 0.0893. The number of aliphatic imine (C=N–C) groups is 1. The summed E-state index contributed by atoms with van der Waals surface area (Å²) >= 11 is 0. The molecular weight excluding hydrogens is 320 g/mol. The van der Waals surface area contributed by atoms with Crippen LogP contribution in [0.3, 0.4) is 0 Å². The zero-order valence-electron chi connectivity index (χ0n) is 15.1. The van der Waals surface area contributed by atoms with Gasteiger partial charge in [-0.3, -0.25) is 9.98 Å². The quantitative estimate of drug-likeness (QED) is 0.357. The number of guanidine groups is 1. The van der Waals surface area contributed by atoms with Gasteiger partial charge in [0.1, 0.15) is 12.4 Å². The van der Waals surface area contributed by atoms with Gasteiger partial charge in [0.2, 0.25) is 0 Å². The molecule has 1 aromatic heterocycles. The Balaban J connectivity index is 1.54. The van der Waals surface area contributed by atoms with Crippen LogP contribution in [-0.2, 0) is 9.47 Å². The van der Waals surface area contributed by atoms with Crippen LogP contribution in [-0.4, -0.2) is 63.6 Å². The molecule has 7 heteroatoms. The third-order valence-electron chi connectivity index (χ3n) is 3.74. The maximum Gasteiger partial charge on any atom is 0.191 e. The summed E-state index contributed by atoms with van der Waals surface area (Å²) in [5.74, 6) is 2.15. The summed E-state index contributed by atoms with van der Waals surface area (Å²) in [6.07, 6.45) is 5.47. The zero-order chi connectivity index (χ0) is 17.6. The molecule has 0 radical (unpaired) electrons. The molecule has 0 saturated carbocycles. The number of ether oxygens (including phenoxy) is 3. The van der Waals surface area contributed by atoms with Crippen molar-refractivity contribution in [1.82, 2.24) is 15.6 Å². The van der Waals surface area contributed by atoms with Crippen LogP contribution >= 0.6 is 0 Å². The minimum absolute atomic E-state index is 0.558. The highest BCUT2D eigenvalue weighted by Crippen LogP contribution is 2.12. The molecule has 0 aromatic carbocycles. The van der Waals surface area contributed by atoms with Crippen molar-refractivity contribution in [2.24, 2.45) is 10.9 Å². The molecule has 1 atom stereocenters. The lowest BCUT2D eigenvalue weighted by atomic mass is 10.1. The first-order valence-corrected chi connectivity index (χ1v) is 9.09. The number of rotatable bonds is 11. The number of aromatic nitrogens is 1. The summed E-state index contributed by atoms with van der Waals surface area (Å²) in [4.78, 5) is 8.57. The van der Waals surface area contributed by atoms with Crippen molar-refractivity contribution in [2.45, 2.75) is 19.8 Å². The second kappa shape index (κ2) is 12.5. The minimum atomic E-state index is 0.558. The van der Waals surface area contributed by atoms with Crippen molar-refractivity contribution < 1.29 is 14.2 Å². The van der Waals surface area contributed by atoms with Crippen LogP contribution in [0.15, 0.2) is 29.5 Å². The first kappa shape index (κ1) is 19.5. The summed E-state index contributed by atoms with van der Waals surface area (Å²) in [7, 11) is 0. The van der Waals surface area contributed by atoms with Crippen molar-refractivity contribution in [1.29, 1.82) is 0 Å². The van der Waals surface area contributed by atoms with Crippen molar-refractivity contribution in [3.63, 3.8) is 0 Å². The minimum Gasteiger partial charge on any atom is -0.490 e. The maximum atomic E-state index is 5.69. The monoisotopic (exact) mass is 350 g/mol. The molecule has 2 heterocycles. The number of nitrogens with one attached hydrogen (secondary N) is 2. The fourth-order valence-corrected chi connectivity index (χ4v) is 2.43. The van der Waals surface area contributed by atoms with Crippen LogP contribution < -0.4 is 15.4 Å². The van der Waals surface area contributed by atoms with Gasteiger partial charge in [0.25, 0.3) is 0 Å². The fourth-order valence-electron chi connectivity index (χ4n) is 2.43. The number of nitrogens with zero attached hydrogens (tertiary/aromatic N) is 2. The Hall–Kier alpha value is -1.86. The summed E-state index contributed by atoms with van der Waals surface area (Å²) in [5.41, 5.74) is 0. The Kier molecular flexibility index (Phi) is 9.73. The van der Waals surface area contributed by atoms with Gasteiger partial charge in [-0.15, -0.1) is 0 Å². The normalized spacial score (nSPS) is 17.5. The molecule has 1 fully saturated rings. The van der Waals surface area contributed by atoms with Gasteiger partial charge in [0, 0.05) is 38.4 Å². The first-order valence-electron chi connectivity index (χ1n) is 9.09. The summed E-state index contributed by atoms with van der Waals surface area (Å²) in [5, 5.41) is 6.49. The Morgan fingerprint density at radius 2 is 2.36 bits per heavy atom. The largest absolute Gasteiger partial charge is 0.490 e. The van der Waals surface area contributed by atoms with Gasteiger partial charge in [-0.25, -0.2) is 0 Å². The van der Waals surface area contributed by atoms with Gasteiger partial charge < -0.3 is 24.8 Å². The summed E-state index contributed by atoms with van der Waals surface area (Å²) < 4.78 is 16.6. The summed E-state index contributed by atoms with van der Waals surface area (Å²) in [6, 6.07) is 3.75. The number of pyridine rings is 1. The van der Waals surface area contributed by atoms with Gasteiger partial charge in [-0.1, -0.05) is 0 Å². The topological polar surface area (TPSA) is 77.0 Å². The van der Waals surface area contributed by atoms with E-state index in [2.05, 4.69) is 27.5 Å². The van der Waals surface area contributed by atoms with E-state index in [0.29, 0.717) is 19.1 Å². The van der Waals surface area contributed by atoms with Gasteiger partial charge in [0.05, 0.1) is 26.0 Å². The Labute approximate surface area is 150 Å². The van der Waals surface area contributed by atoms with E-state index in [4.69, 9.17) is 14.2 Å². The van der Waals surface area contributed by atoms with Gasteiger partial charge in [0.15, 0.2) is 5.96 Å². The maximum absolute atomic E-state index is 5.69. The van der Waals surface area contributed by atoms with Crippen molar-refractivity contribution in [2.75, 3.05) is 52.7 Å². The van der Waals surface area contributed by atoms with E-state index in [-0.39, 0.29) is 0 Å². The summed E-state index contributed by atoms with van der Waals surface area (Å²) in [6.45, 7) is 8.11. The molecule has 1 saturated heterocycles. The third-order valence-corrected chi connectivity index (χ3v) is 3.74. The standard InChI is InChI=1S/C18H30N4O3/c1-2-20-18(22-9-12-25-17-5-3-7-19-13-17)21-8-4-10-23-14-16-6-11-24-15-16/h3,5,7,13,16H,2,4,6,8-12,14-15H2,1H3,(H2,20,21,22). The Morgan fingerprint density at radius 1 is 1.40 bits per heavy atom. The van der Waals surface area contributed by atoms with Crippen LogP contribution in [0.4, 0.5) is 0 Å². The molecule has 140 valence electrons. The molecule has 0 aliphatic carbocycles. The predicted octanol–water partition coefficient (Wildman–Crippen LogP) is 1.46. The molecule has 0 spiro atoms. The smallest absolute Gasteiger partial charge is 0.191 e. The van der Waals surface area contributed by atoms with E-state index in [0.717, 1.165) is 64.1 Å². The second-order valence-electron chi connectivity index (χ2n) is 5.88. The molecule has 0 amide bonds. The lowest BCUT2D eigenvalue weighted by Crippen LogP contribution is -2.39. The Morgan fingerprint density at radius 3 is 3.12 bits per heavy atom. The average Bonchev–Trinajstić information content (AvgIpc) is 3.16. The molecule has 1 aliphatic heterocycles.